The van der Waals surface area contributed by atoms with E-state index in [1.54, 1.807) is 0 Å². The Morgan fingerprint density at radius 1 is 0.938 bits per heavy atom. The summed E-state index contributed by atoms with van der Waals surface area (Å²) in [6.45, 7) is 8.09. The molecular formula is C24H30N4O4. The van der Waals surface area contributed by atoms with E-state index in [-0.39, 0.29) is 12.8 Å². The number of anilines is 1. The molecule has 1 fully saturated rings. The number of fused-ring (bicyclic) bond motifs is 1. The van der Waals surface area contributed by atoms with Crippen LogP contribution >= 0.6 is 0 Å². The van der Waals surface area contributed by atoms with E-state index in [9.17, 15) is 9.59 Å². The lowest BCUT2D eigenvalue weighted by Gasteiger charge is -2.38. The number of likely N-dealkylation sites (N-methyl/N-ethyl adjacent to an activating group) is 1. The van der Waals surface area contributed by atoms with Crippen molar-refractivity contribution in [2.45, 2.75) is 19.9 Å². The van der Waals surface area contributed by atoms with Gasteiger partial charge in [-0.2, -0.15) is 0 Å². The molecule has 170 valence electrons. The van der Waals surface area contributed by atoms with Gasteiger partial charge in [0, 0.05) is 38.4 Å². The van der Waals surface area contributed by atoms with Crippen molar-refractivity contribution in [1.29, 1.82) is 0 Å². The minimum atomic E-state index is -0.669. The second-order valence-corrected chi connectivity index (χ2v) is 8.51. The Hall–Kier alpha value is -3.10. The predicted molar refractivity (Wildman–Crippen MR) is 122 cm³/mol. The number of nitrogens with zero attached hydrogens (tertiary/aromatic N) is 2. The van der Waals surface area contributed by atoms with Gasteiger partial charge in [-0.05, 0) is 61.9 Å². The van der Waals surface area contributed by atoms with E-state index >= 15 is 0 Å². The maximum atomic E-state index is 12.6. The smallest absolute Gasteiger partial charge is 0.313 e. The fourth-order valence-corrected chi connectivity index (χ4v) is 4.22. The molecule has 2 amide bonds. The van der Waals surface area contributed by atoms with Gasteiger partial charge in [-0.15, -0.1) is 0 Å². The van der Waals surface area contributed by atoms with Gasteiger partial charge in [-0.3, -0.25) is 14.5 Å². The Kier molecular flexibility index (Phi) is 6.62. The van der Waals surface area contributed by atoms with E-state index in [1.807, 2.05) is 50.2 Å². The molecule has 1 saturated heterocycles. The summed E-state index contributed by atoms with van der Waals surface area (Å²) in [7, 11) is 2.10. The van der Waals surface area contributed by atoms with E-state index in [4.69, 9.17) is 9.47 Å². The topological polar surface area (TPSA) is 83.1 Å². The number of aryl methyl sites for hydroxylation is 2. The third kappa shape index (κ3) is 5.20. The second-order valence-electron chi connectivity index (χ2n) is 8.51. The van der Waals surface area contributed by atoms with Gasteiger partial charge in [0.25, 0.3) is 0 Å². The van der Waals surface area contributed by atoms with Crippen LogP contribution in [0, 0.1) is 13.8 Å². The number of rotatable bonds is 5. The van der Waals surface area contributed by atoms with Gasteiger partial charge in [0.1, 0.15) is 0 Å². The first kappa shape index (κ1) is 22.1. The van der Waals surface area contributed by atoms with E-state index in [1.165, 1.54) is 0 Å². The summed E-state index contributed by atoms with van der Waals surface area (Å²) in [6.07, 6.45) is 0. The third-order valence-electron chi connectivity index (χ3n) is 5.90. The molecule has 0 aromatic heterocycles. The van der Waals surface area contributed by atoms with E-state index in [2.05, 4.69) is 27.5 Å². The zero-order valence-corrected chi connectivity index (χ0v) is 18.8. The summed E-state index contributed by atoms with van der Waals surface area (Å²) in [5.74, 6) is 0.116. The largest absolute Gasteiger partial charge is 0.454 e. The molecule has 2 N–H and O–H groups in total. The first-order chi connectivity index (χ1) is 15.4. The number of piperazine rings is 1. The number of nitrogens with one attached hydrogen (secondary N) is 2. The number of carbonyl (C=O) groups is 2. The van der Waals surface area contributed by atoms with Crippen molar-refractivity contribution < 1.29 is 19.1 Å². The zero-order valence-electron chi connectivity index (χ0n) is 18.8. The first-order valence-corrected chi connectivity index (χ1v) is 10.9. The monoisotopic (exact) mass is 438 g/mol. The van der Waals surface area contributed by atoms with Crippen LogP contribution in [0.4, 0.5) is 5.69 Å². The highest BCUT2D eigenvalue weighted by Gasteiger charge is 2.27. The second kappa shape index (κ2) is 9.58. The lowest BCUT2D eigenvalue weighted by molar-refractivity contribution is -0.136. The van der Waals surface area contributed by atoms with Crippen LogP contribution in [0.2, 0.25) is 0 Å². The molecule has 0 spiro atoms. The highest BCUT2D eigenvalue weighted by Crippen LogP contribution is 2.35. The SMILES string of the molecule is Cc1cc(C)cc(NC(=O)C(=O)NC[C@@H](c2ccc3c(c2)OCO3)N2CCN(C)CC2)c1. The summed E-state index contributed by atoms with van der Waals surface area (Å²) in [5, 5.41) is 5.53. The maximum absolute atomic E-state index is 12.6. The van der Waals surface area contributed by atoms with Gasteiger partial charge >= 0.3 is 11.8 Å². The van der Waals surface area contributed by atoms with Crippen LogP contribution in [0.1, 0.15) is 22.7 Å². The molecule has 2 aromatic carbocycles. The van der Waals surface area contributed by atoms with Crippen molar-refractivity contribution in [3.8, 4) is 11.5 Å². The summed E-state index contributed by atoms with van der Waals surface area (Å²) in [5.41, 5.74) is 3.69. The molecule has 0 aliphatic carbocycles. The van der Waals surface area contributed by atoms with E-state index in [0.29, 0.717) is 18.0 Å². The highest BCUT2D eigenvalue weighted by molar-refractivity contribution is 6.39. The average Bonchev–Trinajstić information content (AvgIpc) is 3.22. The number of hydrogen-bond donors (Lipinski definition) is 2. The van der Waals surface area contributed by atoms with Crippen molar-refractivity contribution in [2.24, 2.45) is 0 Å². The molecule has 0 unspecified atom stereocenters. The molecule has 2 aliphatic heterocycles. The van der Waals surface area contributed by atoms with Crippen LogP contribution in [0.25, 0.3) is 0 Å². The van der Waals surface area contributed by atoms with Gasteiger partial charge < -0.3 is 25.0 Å². The highest BCUT2D eigenvalue weighted by atomic mass is 16.7. The molecule has 2 heterocycles. The number of amides is 2. The van der Waals surface area contributed by atoms with Crippen LogP contribution in [-0.2, 0) is 9.59 Å². The van der Waals surface area contributed by atoms with Crippen LogP contribution < -0.4 is 20.1 Å². The number of carbonyl (C=O) groups excluding carboxylic acids is 2. The lowest BCUT2D eigenvalue weighted by atomic mass is 10.0. The van der Waals surface area contributed by atoms with E-state index in [0.717, 1.165) is 48.6 Å². The van der Waals surface area contributed by atoms with Crippen molar-refractivity contribution >= 4 is 17.5 Å². The Morgan fingerprint density at radius 2 is 1.62 bits per heavy atom. The van der Waals surface area contributed by atoms with Gasteiger partial charge in [-0.25, -0.2) is 0 Å². The summed E-state index contributed by atoms with van der Waals surface area (Å²) < 4.78 is 11.0. The summed E-state index contributed by atoms with van der Waals surface area (Å²) >= 11 is 0. The van der Waals surface area contributed by atoms with Crippen molar-refractivity contribution in [1.82, 2.24) is 15.1 Å². The Balaban J connectivity index is 1.44. The standard InChI is InChI=1S/C24H30N4O4/c1-16-10-17(2)12-19(11-16)26-24(30)23(29)25-14-20(28-8-6-27(3)7-9-28)18-4-5-21-22(13-18)32-15-31-21/h4-5,10-13,20H,6-9,14-15H2,1-3H3,(H,25,29)(H,26,30)/t20-/m0/s1. The molecule has 8 nitrogen and oxygen atoms in total. The Bertz CT molecular complexity index is 981. The summed E-state index contributed by atoms with van der Waals surface area (Å²) in [6, 6.07) is 11.5. The van der Waals surface area contributed by atoms with Crippen molar-refractivity contribution in [3.63, 3.8) is 0 Å². The molecule has 8 heteroatoms. The van der Waals surface area contributed by atoms with Gasteiger partial charge in [0.05, 0.1) is 6.04 Å². The minimum Gasteiger partial charge on any atom is -0.454 e. The molecule has 4 rings (SSSR count). The van der Waals surface area contributed by atoms with Crippen LogP contribution in [0.5, 0.6) is 11.5 Å². The Labute approximate surface area is 188 Å². The summed E-state index contributed by atoms with van der Waals surface area (Å²) in [4.78, 5) is 29.7. The quantitative estimate of drug-likeness (QED) is 0.696. The lowest BCUT2D eigenvalue weighted by Crippen LogP contribution is -2.49. The molecule has 0 saturated carbocycles. The molecular weight excluding hydrogens is 408 g/mol. The predicted octanol–water partition coefficient (Wildman–Crippen LogP) is 2.08. The van der Waals surface area contributed by atoms with Gasteiger partial charge in [-0.1, -0.05) is 12.1 Å². The van der Waals surface area contributed by atoms with E-state index < -0.39 is 11.8 Å². The molecule has 2 aromatic rings. The first-order valence-electron chi connectivity index (χ1n) is 10.9. The zero-order chi connectivity index (χ0) is 22.7. The molecule has 0 bridgehead atoms. The fourth-order valence-electron chi connectivity index (χ4n) is 4.22. The Morgan fingerprint density at radius 3 is 2.34 bits per heavy atom. The maximum Gasteiger partial charge on any atom is 0.313 e. The number of hydrogen-bond acceptors (Lipinski definition) is 6. The molecule has 0 radical (unpaired) electrons. The van der Waals surface area contributed by atoms with Crippen molar-refractivity contribution in [3.05, 3.63) is 53.1 Å². The third-order valence-corrected chi connectivity index (χ3v) is 5.90. The van der Waals surface area contributed by atoms with Crippen LogP contribution in [-0.4, -0.2) is 68.2 Å². The number of ether oxygens (including phenoxy) is 2. The number of benzene rings is 2. The van der Waals surface area contributed by atoms with Gasteiger partial charge in [0.15, 0.2) is 11.5 Å². The average molecular weight is 439 g/mol. The molecule has 32 heavy (non-hydrogen) atoms. The minimum absolute atomic E-state index is 0.0730. The fraction of sp³-hybridized carbons (Fsp3) is 0.417. The molecule has 2 aliphatic rings. The normalized spacial score (nSPS) is 17.1. The van der Waals surface area contributed by atoms with Crippen molar-refractivity contribution in [2.75, 3.05) is 51.9 Å². The van der Waals surface area contributed by atoms with Gasteiger partial charge in [0.2, 0.25) is 6.79 Å². The molecule has 1 atom stereocenters. The van der Waals surface area contributed by atoms with Crippen LogP contribution in [0.15, 0.2) is 36.4 Å². The van der Waals surface area contributed by atoms with Crippen LogP contribution in [0.3, 0.4) is 0 Å².